The van der Waals surface area contributed by atoms with Gasteiger partial charge in [0.15, 0.2) is 0 Å². The van der Waals surface area contributed by atoms with Gasteiger partial charge in [-0.05, 0) is 18.2 Å². The molecule has 3 nitrogen and oxygen atoms in total. The lowest BCUT2D eigenvalue weighted by Gasteiger charge is -2.05. The van der Waals surface area contributed by atoms with E-state index in [4.69, 9.17) is 18.0 Å². The highest BCUT2D eigenvalue weighted by atomic mass is 79.9. The number of carbonyl (C=O) groups excluding carboxylic acids is 1. The van der Waals surface area contributed by atoms with Crippen molar-refractivity contribution in [3.8, 4) is 12.3 Å². The van der Waals surface area contributed by atoms with Crippen LogP contribution in [0.5, 0.6) is 0 Å². The Morgan fingerprint density at radius 1 is 1.67 bits per heavy atom. The minimum Gasteiger partial charge on any atom is -0.267 e. The fraction of sp³-hybridized carbons (Fsp3) is 0.100. The summed E-state index contributed by atoms with van der Waals surface area (Å²) in [6.45, 7) is 0.0113. The van der Waals surface area contributed by atoms with Crippen molar-refractivity contribution in [3.05, 3.63) is 33.3 Å². The molecule has 1 rings (SSSR count). The highest BCUT2D eigenvalue weighted by Gasteiger charge is 2.10. The van der Waals surface area contributed by atoms with E-state index in [1.165, 1.54) is 0 Å². The fourth-order valence-corrected chi connectivity index (χ4v) is 1.43. The molecule has 0 radical (unpaired) electrons. The zero-order valence-corrected chi connectivity index (χ0v) is 9.93. The molecular weight excluding hydrogens is 281 g/mol. The number of hydrogen-bond acceptors (Lipinski definition) is 2. The van der Waals surface area contributed by atoms with Gasteiger partial charge >= 0.3 is 0 Å². The van der Waals surface area contributed by atoms with E-state index in [-0.39, 0.29) is 6.61 Å². The molecule has 5 heteroatoms. The normalized spacial score (nSPS) is 9.40. The van der Waals surface area contributed by atoms with Gasteiger partial charge in [-0.3, -0.25) is 9.63 Å². The summed E-state index contributed by atoms with van der Waals surface area (Å²) < 4.78 is 0.758. The number of rotatable bonds is 3. The van der Waals surface area contributed by atoms with Gasteiger partial charge < -0.3 is 0 Å². The van der Waals surface area contributed by atoms with E-state index in [0.717, 1.165) is 4.47 Å². The summed E-state index contributed by atoms with van der Waals surface area (Å²) in [6, 6.07) is 4.94. The molecule has 1 amide bonds. The Balaban J connectivity index is 2.73. The number of benzene rings is 1. The van der Waals surface area contributed by atoms with Gasteiger partial charge in [-0.25, -0.2) is 5.48 Å². The van der Waals surface area contributed by atoms with Crippen LogP contribution in [0.1, 0.15) is 10.4 Å². The molecule has 0 unspecified atom stereocenters. The largest absolute Gasteiger partial charge is 0.276 e. The second-order valence-corrected chi connectivity index (χ2v) is 3.87. The first-order chi connectivity index (χ1) is 7.15. The average molecular weight is 289 g/mol. The Labute approximate surface area is 101 Å². The Hall–Kier alpha value is -1.02. The summed E-state index contributed by atoms with van der Waals surface area (Å²) in [5.41, 5.74) is 2.50. The lowest BCUT2D eigenvalue weighted by Crippen LogP contribution is -2.24. The molecule has 1 N–H and O–H groups in total. The maximum Gasteiger partial charge on any atom is 0.276 e. The number of hydrogen-bond donors (Lipinski definition) is 1. The van der Waals surface area contributed by atoms with E-state index in [9.17, 15) is 4.79 Å². The molecule has 15 heavy (non-hydrogen) atoms. The molecule has 1 aromatic carbocycles. The summed E-state index contributed by atoms with van der Waals surface area (Å²) >= 11 is 9.06. The van der Waals surface area contributed by atoms with Gasteiger partial charge in [-0.1, -0.05) is 33.5 Å². The monoisotopic (exact) mass is 287 g/mol. The molecule has 0 spiro atoms. The molecule has 0 aliphatic heterocycles. The molecule has 0 atom stereocenters. The van der Waals surface area contributed by atoms with Crippen LogP contribution in [-0.2, 0) is 4.84 Å². The molecule has 1 aromatic rings. The third kappa shape index (κ3) is 3.56. The molecule has 0 fully saturated rings. The van der Waals surface area contributed by atoms with Crippen molar-refractivity contribution in [2.24, 2.45) is 0 Å². The molecule has 0 aliphatic rings. The number of carbonyl (C=O) groups is 1. The van der Waals surface area contributed by atoms with Crippen LogP contribution in [0.25, 0.3) is 0 Å². The smallest absolute Gasteiger partial charge is 0.267 e. The average Bonchev–Trinajstić information content (AvgIpc) is 2.22. The highest BCUT2D eigenvalue weighted by molar-refractivity contribution is 9.10. The van der Waals surface area contributed by atoms with Gasteiger partial charge in [-0.15, -0.1) is 6.42 Å². The standard InChI is InChI=1S/C10H7BrClNO2/c1-2-5-15-13-10(14)8-6-7(11)3-4-9(8)12/h1,3-4,6H,5H2,(H,13,14). The predicted molar refractivity (Wildman–Crippen MR) is 61.4 cm³/mol. The van der Waals surface area contributed by atoms with Crippen LogP contribution >= 0.6 is 27.5 Å². The molecule has 78 valence electrons. The van der Waals surface area contributed by atoms with E-state index >= 15 is 0 Å². The van der Waals surface area contributed by atoms with Crippen molar-refractivity contribution in [1.29, 1.82) is 0 Å². The zero-order valence-electron chi connectivity index (χ0n) is 7.59. The second kappa shape index (κ2) is 5.76. The van der Waals surface area contributed by atoms with Crippen molar-refractivity contribution in [2.75, 3.05) is 6.61 Å². The van der Waals surface area contributed by atoms with Gasteiger partial charge in [0.05, 0.1) is 10.6 Å². The lowest BCUT2D eigenvalue weighted by atomic mass is 10.2. The van der Waals surface area contributed by atoms with Crippen LogP contribution in [0.15, 0.2) is 22.7 Å². The van der Waals surface area contributed by atoms with E-state index in [2.05, 4.69) is 32.2 Å². The minimum absolute atomic E-state index is 0.0113. The van der Waals surface area contributed by atoms with Gasteiger partial charge in [0, 0.05) is 4.47 Å². The Kier molecular flexibility index (Phi) is 4.63. The first-order valence-electron chi connectivity index (χ1n) is 3.96. The highest BCUT2D eigenvalue weighted by Crippen LogP contribution is 2.20. The molecule has 0 heterocycles. The van der Waals surface area contributed by atoms with Crippen molar-refractivity contribution in [1.82, 2.24) is 5.48 Å². The number of nitrogens with one attached hydrogen (secondary N) is 1. The van der Waals surface area contributed by atoms with Crippen molar-refractivity contribution < 1.29 is 9.63 Å². The maximum absolute atomic E-state index is 11.5. The van der Waals surface area contributed by atoms with Crippen molar-refractivity contribution >= 4 is 33.4 Å². The third-order valence-electron chi connectivity index (χ3n) is 1.49. The summed E-state index contributed by atoms with van der Waals surface area (Å²) in [7, 11) is 0. The van der Waals surface area contributed by atoms with Gasteiger partial charge in [-0.2, -0.15) is 0 Å². The van der Waals surface area contributed by atoms with Crippen molar-refractivity contribution in [3.63, 3.8) is 0 Å². The quantitative estimate of drug-likeness (QED) is 0.527. The van der Waals surface area contributed by atoms with Crippen LogP contribution in [0.2, 0.25) is 5.02 Å². The van der Waals surface area contributed by atoms with Crippen LogP contribution in [-0.4, -0.2) is 12.5 Å². The van der Waals surface area contributed by atoms with Gasteiger partial charge in [0.25, 0.3) is 5.91 Å². The zero-order chi connectivity index (χ0) is 11.3. The molecule has 0 bridgehead atoms. The summed E-state index contributed by atoms with van der Waals surface area (Å²) in [5, 5.41) is 0.347. The van der Waals surface area contributed by atoms with E-state index in [0.29, 0.717) is 10.6 Å². The molecule has 0 aromatic heterocycles. The molecule has 0 saturated carbocycles. The van der Waals surface area contributed by atoms with E-state index < -0.39 is 5.91 Å². The number of terminal acetylenes is 1. The van der Waals surface area contributed by atoms with Crippen LogP contribution < -0.4 is 5.48 Å². The van der Waals surface area contributed by atoms with Gasteiger partial charge in [0.1, 0.15) is 6.61 Å². The second-order valence-electron chi connectivity index (χ2n) is 2.55. The lowest BCUT2D eigenvalue weighted by molar-refractivity contribution is 0.0438. The van der Waals surface area contributed by atoms with Crippen molar-refractivity contribution in [2.45, 2.75) is 0 Å². The number of hydroxylamine groups is 1. The topological polar surface area (TPSA) is 38.3 Å². The number of amides is 1. The van der Waals surface area contributed by atoms with Crippen LogP contribution in [0.4, 0.5) is 0 Å². The fourth-order valence-electron chi connectivity index (χ4n) is 0.870. The Morgan fingerprint density at radius 3 is 3.07 bits per heavy atom. The predicted octanol–water partition coefficient (Wildman–Crippen LogP) is 2.40. The maximum atomic E-state index is 11.5. The summed E-state index contributed by atoms with van der Waals surface area (Å²) in [4.78, 5) is 16.2. The summed E-state index contributed by atoms with van der Waals surface area (Å²) in [5.74, 6) is 1.79. The Morgan fingerprint density at radius 2 is 2.40 bits per heavy atom. The van der Waals surface area contributed by atoms with E-state index in [1.54, 1.807) is 18.2 Å². The number of halogens is 2. The minimum atomic E-state index is -0.434. The first-order valence-corrected chi connectivity index (χ1v) is 5.13. The third-order valence-corrected chi connectivity index (χ3v) is 2.32. The van der Waals surface area contributed by atoms with Crippen LogP contribution in [0, 0.1) is 12.3 Å². The Bertz CT molecular complexity index is 414. The SMILES string of the molecule is C#CCONC(=O)c1cc(Br)ccc1Cl. The summed E-state index contributed by atoms with van der Waals surface area (Å²) in [6.07, 6.45) is 4.95. The molecule has 0 saturated heterocycles. The molecule has 0 aliphatic carbocycles. The first kappa shape index (κ1) is 12.1. The van der Waals surface area contributed by atoms with Crippen LogP contribution in [0.3, 0.4) is 0 Å². The molecular formula is C10H7BrClNO2. The van der Waals surface area contributed by atoms with Gasteiger partial charge in [0.2, 0.25) is 0 Å². The van der Waals surface area contributed by atoms with E-state index in [1.807, 2.05) is 0 Å².